The third kappa shape index (κ3) is 1.77. The van der Waals surface area contributed by atoms with Gasteiger partial charge in [-0.25, -0.2) is 4.98 Å². The Morgan fingerprint density at radius 1 is 1.57 bits per heavy atom. The Morgan fingerprint density at radius 2 is 2.21 bits per heavy atom. The molecule has 76 valence electrons. The SMILES string of the molecule is CC1(C)CC1Nc1nc(Cl)ccc1N. The molecule has 1 unspecified atom stereocenters. The molecular weight excluding hydrogens is 198 g/mol. The lowest BCUT2D eigenvalue weighted by molar-refractivity contribution is 0.630. The molecule has 4 heteroatoms. The Hall–Kier alpha value is -0.960. The normalized spacial score (nSPS) is 23.2. The van der Waals surface area contributed by atoms with Gasteiger partial charge in [-0.3, -0.25) is 0 Å². The summed E-state index contributed by atoms with van der Waals surface area (Å²) in [5.41, 5.74) is 6.78. The van der Waals surface area contributed by atoms with Crippen molar-refractivity contribution in [1.29, 1.82) is 0 Å². The quantitative estimate of drug-likeness (QED) is 0.740. The number of hydrogen-bond donors (Lipinski definition) is 2. The predicted molar refractivity (Wildman–Crippen MR) is 59.5 cm³/mol. The highest BCUT2D eigenvalue weighted by Crippen LogP contribution is 2.46. The van der Waals surface area contributed by atoms with Crippen LogP contribution in [0.15, 0.2) is 12.1 Å². The lowest BCUT2D eigenvalue weighted by atomic mass is 10.2. The largest absolute Gasteiger partial charge is 0.396 e. The fourth-order valence-electron chi connectivity index (χ4n) is 1.44. The monoisotopic (exact) mass is 211 g/mol. The van der Waals surface area contributed by atoms with Crippen molar-refractivity contribution in [1.82, 2.24) is 4.98 Å². The van der Waals surface area contributed by atoms with Gasteiger partial charge < -0.3 is 11.1 Å². The minimum absolute atomic E-state index is 0.358. The third-order valence-corrected chi connectivity index (χ3v) is 2.93. The first-order valence-electron chi connectivity index (χ1n) is 4.67. The molecule has 1 aliphatic rings. The standard InChI is InChI=1S/C10H14ClN3/c1-10(2)5-7(10)13-9-6(12)3-4-8(11)14-9/h3-4,7H,5,12H2,1-2H3,(H,13,14). The van der Waals surface area contributed by atoms with Gasteiger partial charge >= 0.3 is 0 Å². The summed E-state index contributed by atoms with van der Waals surface area (Å²) in [6, 6.07) is 3.93. The first-order chi connectivity index (χ1) is 6.49. The van der Waals surface area contributed by atoms with Crippen LogP contribution in [0.3, 0.4) is 0 Å². The fourth-order valence-corrected chi connectivity index (χ4v) is 1.59. The molecule has 1 fully saturated rings. The van der Waals surface area contributed by atoms with Gasteiger partial charge in [-0.2, -0.15) is 0 Å². The van der Waals surface area contributed by atoms with Crippen LogP contribution in [0.5, 0.6) is 0 Å². The number of nitrogen functional groups attached to an aromatic ring is 1. The van der Waals surface area contributed by atoms with E-state index in [1.54, 1.807) is 12.1 Å². The van der Waals surface area contributed by atoms with Crippen molar-refractivity contribution in [3.63, 3.8) is 0 Å². The number of halogens is 1. The maximum Gasteiger partial charge on any atom is 0.151 e. The first kappa shape index (κ1) is 9.59. The van der Waals surface area contributed by atoms with Crippen LogP contribution >= 0.6 is 11.6 Å². The number of nitrogens with one attached hydrogen (secondary N) is 1. The van der Waals surface area contributed by atoms with Crippen molar-refractivity contribution in [2.45, 2.75) is 26.3 Å². The van der Waals surface area contributed by atoms with Gasteiger partial charge in [0.15, 0.2) is 5.82 Å². The fraction of sp³-hybridized carbons (Fsp3) is 0.500. The van der Waals surface area contributed by atoms with Crippen molar-refractivity contribution in [2.24, 2.45) is 5.41 Å². The van der Waals surface area contributed by atoms with E-state index in [9.17, 15) is 0 Å². The van der Waals surface area contributed by atoms with Gasteiger partial charge in [0.2, 0.25) is 0 Å². The second-order valence-corrected chi connectivity index (χ2v) is 4.85. The molecular formula is C10H14ClN3. The maximum absolute atomic E-state index is 5.79. The molecule has 14 heavy (non-hydrogen) atoms. The van der Waals surface area contributed by atoms with E-state index in [1.807, 2.05) is 0 Å². The highest BCUT2D eigenvalue weighted by atomic mass is 35.5. The Morgan fingerprint density at radius 3 is 2.79 bits per heavy atom. The number of anilines is 2. The van der Waals surface area contributed by atoms with Gasteiger partial charge in [0.1, 0.15) is 5.15 Å². The molecule has 0 aliphatic heterocycles. The second-order valence-electron chi connectivity index (χ2n) is 4.46. The molecule has 1 aliphatic carbocycles. The summed E-state index contributed by atoms with van der Waals surface area (Å²) in [5, 5.41) is 3.77. The zero-order valence-electron chi connectivity index (χ0n) is 8.34. The molecule has 1 saturated carbocycles. The summed E-state index contributed by atoms with van der Waals surface area (Å²) in [7, 11) is 0. The zero-order chi connectivity index (χ0) is 10.3. The van der Waals surface area contributed by atoms with Crippen molar-refractivity contribution in [3.05, 3.63) is 17.3 Å². The number of aromatic nitrogens is 1. The van der Waals surface area contributed by atoms with Gasteiger partial charge in [0, 0.05) is 6.04 Å². The summed E-state index contributed by atoms with van der Waals surface area (Å²) in [6.07, 6.45) is 1.15. The number of pyridine rings is 1. The Labute approximate surface area is 88.7 Å². The molecule has 0 bridgehead atoms. The summed E-state index contributed by atoms with van der Waals surface area (Å²) in [5.74, 6) is 0.702. The van der Waals surface area contributed by atoms with Gasteiger partial charge in [-0.1, -0.05) is 25.4 Å². The molecule has 3 nitrogen and oxygen atoms in total. The molecule has 1 atom stereocenters. The van der Waals surface area contributed by atoms with Crippen LogP contribution in [0, 0.1) is 5.41 Å². The molecule has 2 rings (SSSR count). The molecule has 1 heterocycles. The predicted octanol–water partition coefficient (Wildman–Crippen LogP) is 2.53. The van der Waals surface area contributed by atoms with Gasteiger partial charge in [-0.15, -0.1) is 0 Å². The zero-order valence-corrected chi connectivity index (χ0v) is 9.10. The Bertz CT molecular complexity index is 362. The van der Waals surface area contributed by atoms with E-state index in [0.717, 1.165) is 6.42 Å². The van der Waals surface area contributed by atoms with Crippen molar-refractivity contribution >= 4 is 23.1 Å². The van der Waals surface area contributed by atoms with Crippen LogP contribution in [0.25, 0.3) is 0 Å². The average molecular weight is 212 g/mol. The van der Waals surface area contributed by atoms with E-state index in [2.05, 4.69) is 24.1 Å². The van der Waals surface area contributed by atoms with E-state index >= 15 is 0 Å². The Kier molecular flexibility index (Phi) is 2.07. The molecule has 1 aromatic heterocycles. The van der Waals surface area contributed by atoms with Crippen LogP contribution in [0.2, 0.25) is 5.15 Å². The molecule has 0 aromatic carbocycles. The smallest absolute Gasteiger partial charge is 0.151 e. The van der Waals surface area contributed by atoms with Crippen molar-refractivity contribution < 1.29 is 0 Å². The van der Waals surface area contributed by atoms with E-state index in [-0.39, 0.29) is 0 Å². The minimum Gasteiger partial charge on any atom is -0.396 e. The van der Waals surface area contributed by atoms with E-state index in [0.29, 0.717) is 28.1 Å². The maximum atomic E-state index is 5.79. The van der Waals surface area contributed by atoms with Gasteiger partial charge in [0.25, 0.3) is 0 Å². The Balaban J connectivity index is 2.13. The van der Waals surface area contributed by atoms with Crippen LogP contribution in [0.4, 0.5) is 11.5 Å². The van der Waals surface area contributed by atoms with Crippen molar-refractivity contribution in [3.8, 4) is 0 Å². The highest BCUT2D eigenvalue weighted by Gasteiger charge is 2.46. The number of hydrogen-bond acceptors (Lipinski definition) is 3. The molecule has 0 spiro atoms. The van der Waals surface area contributed by atoms with E-state index in [1.165, 1.54) is 0 Å². The van der Waals surface area contributed by atoms with Crippen LogP contribution in [-0.4, -0.2) is 11.0 Å². The average Bonchev–Trinajstić information content (AvgIpc) is 2.67. The molecule has 3 N–H and O–H groups in total. The second kappa shape index (κ2) is 3.02. The number of nitrogens with zero attached hydrogens (tertiary/aromatic N) is 1. The molecule has 0 radical (unpaired) electrons. The van der Waals surface area contributed by atoms with Crippen LogP contribution < -0.4 is 11.1 Å². The highest BCUT2D eigenvalue weighted by molar-refractivity contribution is 6.29. The third-order valence-electron chi connectivity index (χ3n) is 2.72. The van der Waals surface area contributed by atoms with E-state index in [4.69, 9.17) is 17.3 Å². The lowest BCUT2D eigenvalue weighted by Crippen LogP contribution is -2.11. The molecule has 1 aromatic rings. The lowest BCUT2D eigenvalue weighted by Gasteiger charge is -2.09. The van der Waals surface area contributed by atoms with E-state index < -0.39 is 0 Å². The van der Waals surface area contributed by atoms with Crippen LogP contribution in [-0.2, 0) is 0 Å². The summed E-state index contributed by atoms with van der Waals surface area (Å²) >= 11 is 5.79. The van der Waals surface area contributed by atoms with Gasteiger partial charge in [-0.05, 0) is 24.0 Å². The summed E-state index contributed by atoms with van der Waals surface area (Å²) in [4.78, 5) is 4.15. The number of nitrogens with two attached hydrogens (primary N) is 1. The van der Waals surface area contributed by atoms with Crippen LogP contribution in [0.1, 0.15) is 20.3 Å². The van der Waals surface area contributed by atoms with Crippen molar-refractivity contribution in [2.75, 3.05) is 11.1 Å². The molecule has 0 amide bonds. The minimum atomic E-state index is 0.358. The topological polar surface area (TPSA) is 50.9 Å². The number of rotatable bonds is 2. The summed E-state index contributed by atoms with van der Waals surface area (Å²) in [6.45, 7) is 4.43. The van der Waals surface area contributed by atoms with Gasteiger partial charge in [0.05, 0.1) is 5.69 Å². The first-order valence-corrected chi connectivity index (χ1v) is 5.05. The summed E-state index contributed by atoms with van der Waals surface area (Å²) < 4.78 is 0. The molecule has 0 saturated heterocycles.